The molecule has 0 unspecified atom stereocenters. The number of fused-ring (bicyclic) bond motifs is 5. The molecule has 23 heavy (non-hydrogen) atoms. The Kier molecular flexibility index (Phi) is 3.17. The zero-order chi connectivity index (χ0) is 15.2. The van der Waals surface area contributed by atoms with Gasteiger partial charge in [0.25, 0.3) is 0 Å². The molecule has 0 amide bonds. The van der Waals surface area contributed by atoms with E-state index in [1.807, 2.05) is 0 Å². The van der Waals surface area contributed by atoms with Gasteiger partial charge in [-0.3, -0.25) is 0 Å². The molecule has 0 radical (unpaired) electrons. The molecular weight excluding hydrogens is 284 g/mol. The molecule has 0 aliphatic carbocycles. The first-order chi connectivity index (χ1) is 11.4. The van der Waals surface area contributed by atoms with Gasteiger partial charge >= 0.3 is 0 Å². The molecule has 4 aliphatic rings. The summed E-state index contributed by atoms with van der Waals surface area (Å²) >= 11 is 0. The quantitative estimate of drug-likeness (QED) is 0.918. The van der Waals surface area contributed by atoms with Gasteiger partial charge in [-0.2, -0.15) is 0 Å². The van der Waals surface area contributed by atoms with Gasteiger partial charge in [0.05, 0.1) is 6.04 Å². The number of piperidine rings is 3. The van der Waals surface area contributed by atoms with Gasteiger partial charge in [0, 0.05) is 23.7 Å². The summed E-state index contributed by atoms with van der Waals surface area (Å²) in [5, 5.41) is 3.98. The van der Waals surface area contributed by atoms with Crippen LogP contribution in [0.3, 0.4) is 0 Å². The predicted molar refractivity (Wildman–Crippen MR) is 90.9 cm³/mol. The van der Waals surface area contributed by atoms with Crippen LogP contribution in [0.4, 0.5) is 0 Å². The molecule has 6 rings (SSSR count). The van der Waals surface area contributed by atoms with E-state index in [9.17, 15) is 0 Å². The fourth-order valence-electron chi connectivity index (χ4n) is 4.46. The fourth-order valence-corrected chi connectivity index (χ4v) is 4.46. The van der Waals surface area contributed by atoms with Gasteiger partial charge in [0.1, 0.15) is 11.5 Å². The lowest BCUT2D eigenvalue weighted by atomic mass is 9.82. The Morgan fingerprint density at radius 2 is 1.48 bits per heavy atom. The molecule has 2 aromatic carbocycles. The van der Waals surface area contributed by atoms with E-state index in [4.69, 9.17) is 4.74 Å². The van der Waals surface area contributed by atoms with Crippen molar-refractivity contribution in [2.75, 3.05) is 19.6 Å². The smallest absolute Gasteiger partial charge is 0.132 e. The Bertz CT molecular complexity index is 676. The lowest BCUT2D eigenvalue weighted by Gasteiger charge is -2.46. The maximum Gasteiger partial charge on any atom is 0.132 e. The van der Waals surface area contributed by atoms with Gasteiger partial charge in [-0.25, -0.2) is 0 Å². The van der Waals surface area contributed by atoms with E-state index in [2.05, 4.69) is 58.7 Å². The highest BCUT2D eigenvalue weighted by molar-refractivity contribution is 5.53. The monoisotopic (exact) mass is 306 g/mol. The fraction of sp³-hybridized carbons (Fsp3) is 0.400. The maximum absolute atomic E-state index is 6.11. The summed E-state index contributed by atoms with van der Waals surface area (Å²) < 4.78 is 6.11. The number of ether oxygens (including phenoxy) is 1. The van der Waals surface area contributed by atoms with Crippen LogP contribution in [-0.4, -0.2) is 30.6 Å². The normalized spacial score (nSPS) is 28.8. The minimum absolute atomic E-state index is 0.238. The van der Waals surface area contributed by atoms with Crippen molar-refractivity contribution in [3.8, 4) is 11.5 Å². The zero-order valence-electron chi connectivity index (χ0n) is 13.2. The van der Waals surface area contributed by atoms with E-state index >= 15 is 0 Å². The first-order valence-corrected chi connectivity index (χ1v) is 8.72. The number of nitrogens with one attached hydrogen (secondary N) is 1. The summed E-state index contributed by atoms with van der Waals surface area (Å²) in [7, 11) is 0. The molecule has 118 valence electrons. The molecule has 2 aromatic rings. The highest BCUT2D eigenvalue weighted by Crippen LogP contribution is 2.43. The van der Waals surface area contributed by atoms with Crippen LogP contribution in [0.15, 0.2) is 48.5 Å². The summed E-state index contributed by atoms with van der Waals surface area (Å²) in [6.07, 6.45) is 2.67. The topological polar surface area (TPSA) is 24.5 Å². The van der Waals surface area contributed by atoms with Crippen molar-refractivity contribution < 1.29 is 4.74 Å². The van der Waals surface area contributed by atoms with E-state index in [-0.39, 0.29) is 6.04 Å². The van der Waals surface area contributed by atoms with E-state index in [1.165, 1.54) is 43.6 Å². The van der Waals surface area contributed by atoms with Crippen molar-refractivity contribution in [3.05, 3.63) is 59.7 Å². The number of hydrogen-bond acceptors (Lipinski definition) is 3. The molecule has 3 nitrogen and oxygen atoms in total. The molecule has 4 heterocycles. The van der Waals surface area contributed by atoms with Gasteiger partial charge in [-0.05, 0) is 44.0 Å². The van der Waals surface area contributed by atoms with E-state index in [0.29, 0.717) is 6.04 Å². The Morgan fingerprint density at radius 3 is 2.04 bits per heavy atom. The van der Waals surface area contributed by atoms with Crippen molar-refractivity contribution >= 4 is 0 Å². The molecule has 0 aromatic heterocycles. The zero-order valence-corrected chi connectivity index (χ0v) is 13.2. The number of rotatable bonds is 2. The third-order valence-corrected chi connectivity index (χ3v) is 5.72. The minimum Gasteiger partial charge on any atom is -0.457 e. The second kappa shape index (κ2) is 5.36. The highest BCUT2D eigenvalue weighted by Gasteiger charge is 2.37. The van der Waals surface area contributed by atoms with Crippen molar-refractivity contribution in [3.63, 3.8) is 0 Å². The lowest BCUT2D eigenvalue weighted by Crippen LogP contribution is -2.56. The molecule has 0 spiro atoms. The Labute approximate surface area is 137 Å². The van der Waals surface area contributed by atoms with Crippen molar-refractivity contribution in [1.82, 2.24) is 10.2 Å². The van der Waals surface area contributed by atoms with Crippen LogP contribution in [0.2, 0.25) is 0 Å². The summed E-state index contributed by atoms with van der Waals surface area (Å²) in [5.41, 5.74) is 2.53. The first kappa shape index (κ1) is 13.6. The van der Waals surface area contributed by atoms with Crippen LogP contribution in [0.1, 0.15) is 30.0 Å². The van der Waals surface area contributed by atoms with E-state index < -0.39 is 0 Å². The Balaban J connectivity index is 1.52. The van der Waals surface area contributed by atoms with Crippen LogP contribution in [0.25, 0.3) is 0 Å². The summed E-state index contributed by atoms with van der Waals surface area (Å²) in [6.45, 7) is 3.75. The standard InChI is InChI=1S/C20H22N2O/c1-3-7-18-15(5-1)20(16-6-2-4-8-19(16)23-18)21-17-13-22-11-9-14(17)10-12-22/h1-8,14,17,20-21H,9-13H2/t17-/m0/s1. The average Bonchev–Trinajstić information content (AvgIpc) is 2.62. The number of benzene rings is 2. The van der Waals surface area contributed by atoms with Crippen molar-refractivity contribution in [2.24, 2.45) is 5.92 Å². The molecule has 1 atom stereocenters. The van der Waals surface area contributed by atoms with Crippen LogP contribution in [-0.2, 0) is 0 Å². The highest BCUT2D eigenvalue weighted by atomic mass is 16.5. The molecule has 3 saturated heterocycles. The van der Waals surface area contributed by atoms with E-state index in [1.54, 1.807) is 0 Å². The predicted octanol–water partition coefficient (Wildman–Crippen LogP) is 3.57. The molecule has 0 saturated carbocycles. The summed E-state index contributed by atoms with van der Waals surface area (Å²) in [5.74, 6) is 2.80. The van der Waals surface area contributed by atoms with Crippen molar-refractivity contribution in [2.45, 2.75) is 24.9 Å². The largest absolute Gasteiger partial charge is 0.457 e. The molecular formula is C20H22N2O. The summed E-state index contributed by atoms with van der Waals surface area (Å²) in [4.78, 5) is 2.61. The van der Waals surface area contributed by atoms with Crippen LogP contribution in [0.5, 0.6) is 11.5 Å². The Morgan fingerprint density at radius 1 is 0.870 bits per heavy atom. The number of para-hydroxylation sites is 2. The van der Waals surface area contributed by atoms with Gasteiger partial charge in [-0.1, -0.05) is 36.4 Å². The third kappa shape index (κ3) is 2.27. The first-order valence-electron chi connectivity index (χ1n) is 8.72. The van der Waals surface area contributed by atoms with Gasteiger partial charge in [0.2, 0.25) is 0 Å². The average molecular weight is 306 g/mol. The number of hydrogen-bond donors (Lipinski definition) is 1. The van der Waals surface area contributed by atoms with Gasteiger partial charge < -0.3 is 15.0 Å². The van der Waals surface area contributed by atoms with Crippen molar-refractivity contribution in [1.29, 1.82) is 0 Å². The molecule has 1 N–H and O–H groups in total. The maximum atomic E-state index is 6.11. The molecule has 3 fully saturated rings. The Hall–Kier alpha value is -1.84. The lowest BCUT2D eigenvalue weighted by molar-refractivity contribution is 0.0686. The third-order valence-electron chi connectivity index (χ3n) is 5.72. The second-order valence-electron chi connectivity index (χ2n) is 7.02. The van der Waals surface area contributed by atoms with Crippen LogP contribution < -0.4 is 10.1 Å². The van der Waals surface area contributed by atoms with E-state index in [0.717, 1.165) is 17.4 Å². The second-order valence-corrected chi connectivity index (χ2v) is 7.02. The minimum atomic E-state index is 0.238. The summed E-state index contributed by atoms with van der Waals surface area (Å²) in [6, 6.07) is 17.7. The van der Waals surface area contributed by atoms with Crippen LogP contribution >= 0.6 is 0 Å². The molecule has 4 aliphatic heterocycles. The van der Waals surface area contributed by atoms with Crippen LogP contribution in [0, 0.1) is 5.92 Å². The number of nitrogens with zero attached hydrogens (tertiary/aromatic N) is 1. The van der Waals surface area contributed by atoms with Gasteiger partial charge in [0.15, 0.2) is 0 Å². The SMILES string of the molecule is c1ccc2c(c1)Oc1ccccc1C2N[C@H]1CN2CCC1CC2. The van der Waals surface area contributed by atoms with Gasteiger partial charge in [-0.15, -0.1) is 0 Å². The molecule has 2 bridgehead atoms. The molecule has 3 heteroatoms.